The number of carbonyl (C=O) groups is 2. The van der Waals surface area contributed by atoms with E-state index in [-0.39, 0.29) is 38.4 Å². The molecule has 0 saturated heterocycles. The molecule has 3 rings (SSSR count). The van der Waals surface area contributed by atoms with Crippen molar-refractivity contribution in [2.75, 3.05) is 0 Å². The van der Waals surface area contributed by atoms with Gasteiger partial charge in [-0.15, -0.1) is 0 Å². The third-order valence-corrected chi connectivity index (χ3v) is 5.37. The molecule has 1 aliphatic rings. The molecule has 118 valence electrons. The third-order valence-electron chi connectivity index (χ3n) is 3.52. The van der Waals surface area contributed by atoms with Gasteiger partial charge in [0.2, 0.25) is 9.84 Å². The van der Waals surface area contributed by atoms with Gasteiger partial charge in [0.05, 0.1) is 21.5 Å². The number of carbonyl (C=O) groups excluding carboxylic acids is 2. The minimum atomic E-state index is -3.85. The van der Waals surface area contributed by atoms with Gasteiger partial charge < -0.3 is 4.74 Å². The molecule has 1 aliphatic heterocycles. The van der Waals surface area contributed by atoms with E-state index in [1.165, 1.54) is 30.3 Å². The molecule has 0 spiro atoms. The monoisotopic (exact) mass is 330 g/mol. The quantitative estimate of drug-likeness (QED) is 0.675. The van der Waals surface area contributed by atoms with Gasteiger partial charge in [-0.1, -0.05) is 12.1 Å². The summed E-state index contributed by atoms with van der Waals surface area (Å²) in [6.45, 7) is 3.40. The first-order chi connectivity index (χ1) is 10.8. The fourth-order valence-corrected chi connectivity index (χ4v) is 4.17. The molecule has 0 bridgehead atoms. The number of hydrogen-bond donors (Lipinski definition) is 0. The van der Waals surface area contributed by atoms with Gasteiger partial charge in [-0.3, -0.25) is 4.79 Å². The van der Waals surface area contributed by atoms with Gasteiger partial charge in [-0.05, 0) is 44.2 Å². The van der Waals surface area contributed by atoms with Crippen LogP contribution in [0.1, 0.15) is 40.1 Å². The molecule has 5 nitrogen and oxygen atoms in total. The maximum atomic E-state index is 12.7. The van der Waals surface area contributed by atoms with Crippen LogP contribution in [-0.2, 0) is 14.6 Å². The molecule has 0 unspecified atom stereocenters. The lowest BCUT2D eigenvalue weighted by Crippen LogP contribution is -2.21. The number of ketones is 1. The van der Waals surface area contributed by atoms with Gasteiger partial charge in [-0.2, -0.15) is 0 Å². The number of fused-ring (bicyclic) bond motifs is 2. The molecule has 0 atom stereocenters. The number of rotatable bonds is 2. The zero-order chi connectivity index (χ0) is 16.8. The molecular weight excluding hydrogens is 316 g/mol. The highest BCUT2D eigenvalue weighted by atomic mass is 32.2. The summed E-state index contributed by atoms with van der Waals surface area (Å²) in [7, 11) is -3.85. The lowest BCUT2D eigenvalue weighted by Gasteiger charge is -2.19. The van der Waals surface area contributed by atoms with E-state index in [2.05, 4.69) is 0 Å². The Bertz CT molecular complexity index is 926. The highest BCUT2D eigenvalue weighted by Crippen LogP contribution is 2.34. The Morgan fingerprint density at radius 3 is 2.35 bits per heavy atom. The van der Waals surface area contributed by atoms with E-state index in [0.717, 1.165) is 0 Å². The van der Waals surface area contributed by atoms with Crippen molar-refractivity contribution in [2.45, 2.75) is 29.7 Å². The maximum absolute atomic E-state index is 12.7. The molecule has 0 saturated carbocycles. The molecule has 0 aromatic heterocycles. The summed E-state index contributed by atoms with van der Waals surface area (Å²) >= 11 is 0. The summed E-state index contributed by atoms with van der Waals surface area (Å²) in [4.78, 5) is 24.3. The van der Waals surface area contributed by atoms with Gasteiger partial charge >= 0.3 is 5.97 Å². The molecule has 23 heavy (non-hydrogen) atoms. The second kappa shape index (κ2) is 5.31. The predicted molar refractivity (Wildman–Crippen MR) is 82.3 cm³/mol. The molecule has 2 aromatic carbocycles. The van der Waals surface area contributed by atoms with Gasteiger partial charge in [-0.25, -0.2) is 13.2 Å². The van der Waals surface area contributed by atoms with Crippen molar-refractivity contribution in [3.05, 3.63) is 59.2 Å². The first-order valence-corrected chi connectivity index (χ1v) is 8.54. The van der Waals surface area contributed by atoms with Crippen molar-refractivity contribution in [3.63, 3.8) is 0 Å². The highest BCUT2D eigenvalue weighted by Gasteiger charge is 2.35. The summed E-state index contributed by atoms with van der Waals surface area (Å²) in [5.74, 6) is -0.987. The van der Waals surface area contributed by atoms with Crippen LogP contribution in [0.5, 0.6) is 0 Å². The molecule has 0 N–H and O–H groups in total. The summed E-state index contributed by atoms with van der Waals surface area (Å²) in [6, 6.07) is 10.0. The molecule has 0 amide bonds. The molecule has 0 fully saturated rings. The van der Waals surface area contributed by atoms with E-state index in [1.807, 2.05) is 0 Å². The normalized spacial score (nSPS) is 15.0. The van der Waals surface area contributed by atoms with Gasteiger partial charge in [0, 0.05) is 11.1 Å². The second-order valence-electron chi connectivity index (χ2n) is 5.49. The Labute approximate surface area is 133 Å². The van der Waals surface area contributed by atoms with Crippen LogP contribution in [0.4, 0.5) is 0 Å². The SMILES string of the molecule is CC(C)OC(=O)c1ccc2c(c1)S(=O)(=O)c1ccccc1C2=O. The van der Waals surface area contributed by atoms with Crippen LogP contribution in [0, 0.1) is 0 Å². The first kappa shape index (κ1) is 15.4. The Morgan fingerprint density at radius 2 is 1.65 bits per heavy atom. The van der Waals surface area contributed by atoms with Crippen molar-refractivity contribution in [2.24, 2.45) is 0 Å². The van der Waals surface area contributed by atoms with Crippen molar-refractivity contribution >= 4 is 21.6 Å². The highest BCUT2D eigenvalue weighted by molar-refractivity contribution is 7.91. The Kier molecular flexibility index (Phi) is 3.56. The van der Waals surface area contributed by atoms with Crippen LogP contribution >= 0.6 is 0 Å². The van der Waals surface area contributed by atoms with E-state index in [4.69, 9.17) is 4.74 Å². The zero-order valence-electron chi connectivity index (χ0n) is 12.6. The van der Waals surface area contributed by atoms with E-state index in [0.29, 0.717) is 0 Å². The largest absolute Gasteiger partial charge is 0.459 e. The number of esters is 1. The third kappa shape index (κ3) is 2.45. The zero-order valence-corrected chi connectivity index (χ0v) is 13.4. The summed E-state index contributed by atoms with van der Waals surface area (Å²) in [5.41, 5.74) is 0.329. The Hall–Kier alpha value is -2.47. The topological polar surface area (TPSA) is 77.5 Å². The van der Waals surface area contributed by atoms with Gasteiger partial charge in [0.25, 0.3) is 0 Å². The van der Waals surface area contributed by atoms with Crippen molar-refractivity contribution in [1.82, 2.24) is 0 Å². The standard InChI is InChI=1S/C17H14O5S/c1-10(2)22-17(19)11-7-8-13-15(9-11)23(20,21)14-6-4-3-5-12(14)16(13)18/h3-10H,1-2H3. The van der Waals surface area contributed by atoms with Crippen LogP contribution in [0.3, 0.4) is 0 Å². The van der Waals surface area contributed by atoms with Crippen LogP contribution < -0.4 is 0 Å². The Morgan fingerprint density at radius 1 is 1.00 bits per heavy atom. The fraction of sp³-hybridized carbons (Fsp3) is 0.176. The van der Waals surface area contributed by atoms with Crippen LogP contribution in [0.2, 0.25) is 0 Å². The minimum absolute atomic E-state index is 0.0353. The van der Waals surface area contributed by atoms with Crippen molar-refractivity contribution in [3.8, 4) is 0 Å². The fourth-order valence-electron chi connectivity index (χ4n) is 2.49. The molecule has 0 aliphatic carbocycles. The maximum Gasteiger partial charge on any atom is 0.338 e. The summed E-state index contributed by atoms with van der Waals surface area (Å²) in [6.07, 6.45) is -0.322. The molecule has 0 radical (unpaired) electrons. The van der Waals surface area contributed by atoms with Crippen LogP contribution in [0.15, 0.2) is 52.3 Å². The second-order valence-corrected chi connectivity index (χ2v) is 7.38. The lowest BCUT2D eigenvalue weighted by atomic mass is 10.0. The Balaban J connectivity index is 2.18. The van der Waals surface area contributed by atoms with E-state index in [9.17, 15) is 18.0 Å². The number of benzene rings is 2. The van der Waals surface area contributed by atoms with Gasteiger partial charge in [0.1, 0.15) is 0 Å². The average Bonchev–Trinajstić information content (AvgIpc) is 2.52. The van der Waals surface area contributed by atoms with Crippen LogP contribution in [-0.4, -0.2) is 26.3 Å². The van der Waals surface area contributed by atoms with E-state index in [1.54, 1.807) is 26.0 Å². The number of sulfone groups is 1. The molecule has 2 aromatic rings. The lowest BCUT2D eigenvalue weighted by molar-refractivity contribution is 0.0377. The summed E-state index contributed by atoms with van der Waals surface area (Å²) < 4.78 is 30.5. The molecule has 6 heteroatoms. The number of ether oxygens (including phenoxy) is 1. The van der Waals surface area contributed by atoms with Crippen molar-refractivity contribution < 1.29 is 22.7 Å². The smallest absolute Gasteiger partial charge is 0.338 e. The molecular formula is C17H14O5S. The predicted octanol–water partition coefficient (Wildman–Crippen LogP) is 2.63. The van der Waals surface area contributed by atoms with Gasteiger partial charge in [0.15, 0.2) is 5.78 Å². The molecule has 1 heterocycles. The average molecular weight is 330 g/mol. The van der Waals surface area contributed by atoms with E-state index < -0.39 is 15.8 Å². The van der Waals surface area contributed by atoms with E-state index >= 15 is 0 Å². The first-order valence-electron chi connectivity index (χ1n) is 7.06. The van der Waals surface area contributed by atoms with Crippen molar-refractivity contribution in [1.29, 1.82) is 0 Å². The number of hydrogen-bond acceptors (Lipinski definition) is 5. The minimum Gasteiger partial charge on any atom is -0.459 e. The summed E-state index contributed by atoms with van der Waals surface area (Å²) in [5, 5.41) is 0. The van der Waals surface area contributed by atoms with Crippen LogP contribution in [0.25, 0.3) is 0 Å².